The van der Waals surface area contributed by atoms with Gasteiger partial charge in [-0.2, -0.15) is 0 Å². The van der Waals surface area contributed by atoms with Crippen molar-refractivity contribution in [3.05, 3.63) is 11.6 Å². The molecule has 1 rings (SSSR count). The first-order valence-electron chi connectivity index (χ1n) is 5.26. The van der Waals surface area contributed by atoms with Crippen LogP contribution in [0.5, 0.6) is 0 Å². The van der Waals surface area contributed by atoms with Crippen molar-refractivity contribution in [2.24, 2.45) is 0 Å². The minimum atomic E-state index is -0.0839. The summed E-state index contributed by atoms with van der Waals surface area (Å²) >= 11 is 0. The van der Waals surface area contributed by atoms with E-state index >= 15 is 0 Å². The Morgan fingerprint density at radius 3 is 3.00 bits per heavy atom. The molecule has 0 amide bonds. The summed E-state index contributed by atoms with van der Waals surface area (Å²) in [6, 6.07) is 0. The van der Waals surface area contributed by atoms with Crippen molar-refractivity contribution in [2.75, 3.05) is 13.1 Å². The number of rotatable bonds is 4. The van der Waals surface area contributed by atoms with E-state index in [-0.39, 0.29) is 12.1 Å². The van der Waals surface area contributed by atoms with Crippen LogP contribution < -0.4 is 5.32 Å². The molecule has 1 aliphatic rings. The van der Waals surface area contributed by atoms with Gasteiger partial charge in [-0.05, 0) is 33.2 Å². The molecule has 0 aromatic carbocycles. The number of carbonyl (C=O) groups is 1. The Hall–Kier alpha value is -0.830. The lowest BCUT2D eigenvalue weighted by atomic mass is 10.0. The lowest BCUT2D eigenvalue weighted by molar-refractivity contribution is -0.147. The highest BCUT2D eigenvalue weighted by atomic mass is 16.5. The van der Waals surface area contributed by atoms with E-state index in [1.54, 1.807) is 0 Å². The van der Waals surface area contributed by atoms with Crippen LogP contribution in [0.15, 0.2) is 11.6 Å². The molecule has 0 aromatic rings. The molecule has 0 saturated heterocycles. The van der Waals surface area contributed by atoms with Gasteiger partial charge in [0, 0.05) is 13.0 Å². The molecule has 1 heterocycles. The fourth-order valence-corrected chi connectivity index (χ4v) is 1.48. The molecule has 0 aliphatic carbocycles. The van der Waals surface area contributed by atoms with Crippen LogP contribution in [0.25, 0.3) is 0 Å². The SMILES string of the molecule is CC(C)OC(=O)CCC1=CCNCC1. The molecule has 0 unspecified atom stereocenters. The Balaban J connectivity index is 2.19. The average Bonchev–Trinajstić information content (AvgIpc) is 2.15. The Morgan fingerprint density at radius 2 is 2.43 bits per heavy atom. The van der Waals surface area contributed by atoms with Crippen molar-refractivity contribution >= 4 is 5.97 Å². The molecule has 0 bridgehead atoms. The predicted octanol–water partition coefficient (Wildman–Crippen LogP) is 1.64. The average molecular weight is 197 g/mol. The van der Waals surface area contributed by atoms with Gasteiger partial charge >= 0.3 is 5.97 Å². The van der Waals surface area contributed by atoms with E-state index in [1.807, 2.05) is 13.8 Å². The van der Waals surface area contributed by atoms with Crippen LogP contribution in [-0.2, 0) is 9.53 Å². The first kappa shape index (κ1) is 11.2. The fraction of sp³-hybridized carbons (Fsp3) is 0.727. The highest BCUT2D eigenvalue weighted by molar-refractivity contribution is 5.69. The first-order chi connectivity index (χ1) is 6.68. The summed E-state index contributed by atoms with van der Waals surface area (Å²) in [4.78, 5) is 11.2. The number of hydrogen-bond donors (Lipinski definition) is 1. The number of carbonyl (C=O) groups excluding carboxylic acids is 1. The van der Waals surface area contributed by atoms with E-state index < -0.39 is 0 Å². The second-order valence-corrected chi connectivity index (χ2v) is 3.86. The van der Waals surface area contributed by atoms with Gasteiger partial charge in [-0.25, -0.2) is 0 Å². The molecule has 0 spiro atoms. The van der Waals surface area contributed by atoms with Crippen molar-refractivity contribution in [2.45, 2.75) is 39.2 Å². The van der Waals surface area contributed by atoms with E-state index in [2.05, 4.69) is 11.4 Å². The van der Waals surface area contributed by atoms with Gasteiger partial charge < -0.3 is 10.1 Å². The lowest BCUT2D eigenvalue weighted by Crippen LogP contribution is -2.21. The quantitative estimate of drug-likeness (QED) is 0.550. The van der Waals surface area contributed by atoms with E-state index in [9.17, 15) is 4.79 Å². The van der Waals surface area contributed by atoms with Crippen LogP contribution in [-0.4, -0.2) is 25.2 Å². The third-order valence-corrected chi connectivity index (χ3v) is 2.18. The minimum absolute atomic E-state index is 0.00417. The van der Waals surface area contributed by atoms with Gasteiger partial charge in [0.25, 0.3) is 0 Å². The second-order valence-electron chi connectivity index (χ2n) is 3.86. The van der Waals surface area contributed by atoms with Crippen LogP contribution >= 0.6 is 0 Å². The largest absolute Gasteiger partial charge is 0.463 e. The van der Waals surface area contributed by atoms with Crippen LogP contribution in [0.4, 0.5) is 0 Å². The molecular weight excluding hydrogens is 178 g/mol. The van der Waals surface area contributed by atoms with Crippen LogP contribution in [0.3, 0.4) is 0 Å². The van der Waals surface area contributed by atoms with Gasteiger partial charge in [0.2, 0.25) is 0 Å². The van der Waals surface area contributed by atoms with Gasteiger partial charge in [0.05, 0.1) is 6.10 Å². The Kier molecular flexibility index (Phi) is 4.66. The smallest absolute Gasteiger partial charge is 0.306 e. The number of nitrogens with one attached hydrogen (secondary N) is 1. The fourth-order valence-electron chi connectivity index (χ4n) is 1.48. The minimum Gasteiger partial charge on any atom is -0.463 e. The Labute approximate surface area is 85.5 Å². The molecule has 1 aliphatic heterocycles. The lowest BCUT2D eigenvalue weighted by Gasteiger charge is -2.14. The number of ether oxygens (including phenoxy) is 1. The zero-order valence-corrected chi connectivity index (χ0v) is 9.01. The highest BCUT2D eigenvalue weighted by Crippen LogP contribution is 2.12. The molecule has 1 N–H and O–H groups in total. The maximum Gasteiger partial charge on any atom is 0.306 e. The molecule has 3 heteroatoms. The molecule has 0 radical (unpaired) electrons. The highest BCUT2D eigenvalue weighted by Gasteiger charge is 2.08. The Bertz CT molecular complexity index is 221. The Morgan fingerprint density at radius 1 is 1.64 bits per heavy atom. The van der Waals surface area contributed by atoms with E-state index in [0.717, 1.165) is 25.9 Å². The predicted molar refractivity (Wildman–Crippen MR) is 56.0 cm³/mol. The second kappa shape index (κ2) is 5.81. The summed E-state index contributed by atoms with van der Waals surface area (Å²) in [6.45, 7) is 5.73. The molecular formula is C11H19NO2. The third-order valence-electron chi connectivity index (χ3n) is 2.18. The maximum absolute atomic E-state index is 11.2. The molecule has 3 nitrogen and oxygen atoms in total. The summed E-state index contributed by atoms with van der Waals surface area (Å²) in [6.07, 6.45) is 4.61. The van der Waals surface area contributed by atoms with Crippen LogP contribution in [0.1, 0.15) is 33.1 Å². The van der Waals surface area contributed by atoms with Gasteiger partial charge in [-0.3, -0.25) is 4.79 Å². The number of hydrogen-bond acceptors (Lipinski definition) is 3. The normalized spacial score (nSPS) is 16.6. The molecule has 14 heavy (non-hydrogen) atoms. The van der Waals surface area contributed by atoms with Crippen molar-refractivity contribution in [1.82, 2.24) is 5.32 Å². The first-order valence-corrected chi connectivity index (χ1v) is 5.26. The summed E-state index contributed by atoms with van der Waals surface area (Å²) in [5.41, 5.74) is 1.38. The summed E-state index contributed by atoms with van der Waals surface area (Å²) in [5, 5.41) is 3.24. The van der Waals surface area contributed by atoms with Gasteiger partial charge in [-0.15, -0.1) is 0 Å². The number of esters is 1. The topological polar surface area (TPSA) is 38.3 Å². The third kappa shape index (κ3) is 4.42. The van der Waals surface area contributed by atoms with Gasteiger partial charge in [0.15, 0.2) is 0 Å². The summed E-state index contributed by atoms with van der Waals surface area (Å²) in [7, 11) is 0. The maximum atomic E-state index is 11.2. The zero-order valence-electron chi connectivity index (χ0n) is 9.01. The van der Waals surface area contributed by atoms with Gasteiger partial charge in [-0.1, -0.05) is 11.6 Å². The molecule has 0 saturated carbocycles. The van der Waals surface area contributed by atoms with E-state index in [0.29, 0.717) is 6.42 Å². The van der Waals surface area contributed by atoms with Crippen LogP contribution in [0, 0.1) is 0 Å². The zero-order chi connectivity index (χ0) is 10.4. The molecule has 0 aromatic heterocycles. The monoisotopic (exact) mass is 197 g/mol. The van der Waals surface area contributed by atoms with E-state index in [4.69, 9.17) is 4.74 Å². The van der Waals surface area contributed by atoms with Crippen molar-refractivity contribution in [1.29, 1.82) is 0 Å². The van der Waals surface area contributed by atoms with Crippen molar-refractivity contribution in [3.8, 4) is 0 Å². The van der Waals surface area contributed by atoms with Crippen molar-refractivity contribution in [3.63, 3.8) is 0 Å². The van der Waals surface area contributed by atoms with Crippen LogP contribution in [0.2, 0.25) is 0 Å². The van der Waals surface area contributed by atoms with Crippen molar-refractivity contribution < 1.29 is 9.53 Å². The standard InChI is InChI=1S/C11H19NO2/c1-9(2)14-11(13)4-3-10-5-7-12-8-6-10/h5,9,12H,3-4,6-8H2,1-2H3. The van der Waals surface area contributed by atoms with Gasteiger partial charge in [0.1, 0.15) is 0 Å². The molecule has 0 fully saturated rings. The summed E-state index contributed by atoms with van der Waals surface area (Å²) < 4.78 is 5.06. The molecule has 80 valence electrons. The molecule has 0 atom stereocenters. The summed E-state index contributed by atoms with van der Waals surface area (Å²) in [5.74, 6) is -0.0839. The van der Waals surface area contributed by atoms with E-state index in [1.165, 1.54) is 5.57 Å².